The van der Waals surface area contributed by atoms with E-state index in [0.29, 0.717) is 0 Å². The molecule has 0 aromatic heterocycles. The van der Waals surface area contributed by atoms with Gasteiger partial charge in [0.1, 0.15) is 5.82 Å². The summed E-state index contributed by atoms with van der Waals surface area (Å²) in [6.45, 7) is 8.24. The zero-order valence-electron chi connectivity index (χ0n) is 11.4. The summed E-state index contributed by atoms with van der Waals surface area (Å²) in [7, 11) is 0. The summed E-state index contributed by atoms with van der Waals surface area (Å²) < 4.78 is 14.1. The van der Waals surface area contributed by atoms with Crippen LogP contribution in [0.5, 0.6) is 0 Å². The van der Waals surface area contributed by atoms with Gasteiger partial charge in [-0.2, -0.15) is 0 Å². The highest BCUT2D eigenvalue weighted by atomic mass is 19.1. The Morgan fingerprint density at radius 2 is 2.06 bits per heavy atom. The molecule has 18 heavy (non-hydrogen) atoms. The Morgan fingerprint density at radius 3 is 2.72 bits per heavy atom. The summed E-state index contributed by atoms with van der Waals surface area (Å²) in [6, 6.07) is 5.70. The molecule has 1 aliphatic rings. The molecule has 0 unspecified atom stereocenters. The summed E-state index contributed by atoms with van der Waals surface area (Å²) in [5.41, 5.74) is 2.02. The fourth-order valence-corrected chi connectivity index (χ4v) is 2.72. The summed E-state index contributed by atoms with van der Waals surface area (Å²) in [5.74, 6) is -0.0578. The van der Waals surface area contributed by atoms with Crippen LogP contribution in [0.15, 0.2) is 18.2 Å². The van der Waals surface area contributed by atoms with Gasteiger partial charge >= 0.3 is 0 Å². The van der Waals surface area contributed by atoms with Crippen LogP contribution in [0.1, 0.15) is 36.9 Å². The number of hydrogen-bond acceptors (Lipinski definition) is 2. The van der Waals surface area contributed by atoms with Crippen molar-refractivity contribution >= 4 is 0 Å². The Bertz CT molecular complexity index is 386. The van der Waals surface area contributed by atoms with E-state index in [1.54, 1.807) is 6.07 Å². The fraction of sp³-hybridized carbons (Fsp3) is 0.600. The molecule has 0 bridgehead atoms. The third kappa shape index (κ3) is 3.09. The Balaban J connectivity index is 2.24. The monoisotopic (exact) mass is 250 g/mol. The van der Waals surface area contributed by atoms with Crippen LogP contribution in [-0.4, -0.2) is 31.1 Å². The molecule has 0 amide bonds. The van der Waals surface area contributed by atoms with Gasteiger partial charge in [0.25, 0.3) is 0 Å². The van der Waals surface area contributed by atoms with Gasteiger partial charge in [0.05, 0.1) is 0 Å². The molecule has 1 N–H and O–H groups in total. The lowest BCUT2D eigenvalue weighted by molar-refractivity contribution is 0.161. The normalized spacial score (nSPS) is 18.8. The molecule has 1 aromatic carbocycles. The summed E-state index contributed by atoms with van der Waals surface area (Å²) in [5, 5.41) is 3.35. The fourth-order valence-electron chi connectivity index (χ4n) is 2.72. The Hall–Kier alpha value is -0.930. The molecule has 1 fully saturated rings. The second kappa shape index (κ2) is 6.30. The smallest absolute Gasteiger partial charge is 0.128 e. The third-order valence-corrected chi connectivity index (χ3v) is 3.66. The molecule has 0 aliphatic carbocycles. The SMILES string of the molecule is CCC[C@H](c1cc(C)ccc1F)N1CCNCC1. The highest BCUT2D eigenvalue weighted by Gasteiger charge is 2.23. The molecule has 0 radical (unpaired) electrons. The average molecular weight is 250 g/mol. The predicted molar refractivity (Wildman–Crippen MR) is 73.2 cm³/mol. The van der Waals surface area contributed by atoms with E-state index >= 15 is 0 Å². The molecule has 2 nitrogen and oxygen atoms in total. The zero-order valence-corrected chi connectivity index (χ0v) is 11.4. The standard InChI is InChI=1S/C15H23FN2/c1-3-4-15(18-9-7-17-8-10-18)13-11-12(2)5-6-14(13)16/h5-6,11,15,17H,3-4,7-10H2,1-2H3/t15-/m1/s1. The second-order valence-corrected chi connectivity index (χ2v) is 5.12. The van der Waals surface area contributed by atoms with Crippen molar-refractivity contribution in [3.05, 3.63) is 35.1 Å². The highest BCUT2D eigenvalue weighted by molar-refractivity contribution is 5.27. The molecule has 0 saturated carbocycles. The molecule has 0 spiro atoms. The van der Waals surface area contributed by atoms with Crippen LogP contribution in [-0.2, 0) is 0 Å². The number of rotatable bonds is 4. The van der Waals surface area contributed by atoms with Crippen molar-refractivity contribution in [1.29, 1.82) is 0 Å². The van der Waals surface area contributed by atoms with Crippen molar-refractivity contribution in [1.82, 2.24) is 10.2 Å². The van der Waals surface area contributed by atoms with Crippen LogP contribution in [0, 0.1) is 12.7 Å². The van der Waals surface area contributed by atoms with Crippen LogP contribution in [0.2, 0.25) is 0 Å². The Kier molecular flexibility index (Phi) is 4.72. The maximum absolute atomic E-state index is 14.1. The lowest BCUT2D eigenvalue weighted by Gasteiger charge is -2.35. The van der Waals surface area contributed by atoms with Crippen molar-refractivity contribution < 1.29 is 4.39 Å². The second-order valence-electron chi connectivity index (χ2n) is 5.12. The van der Waals surface area contributed by atoms with E-state index in [-0.39, 0.29) is 11.9 Å². The van der Waals surface area contributed by atoms with Crippen molar-refractivity contribution in [2.75, 3.05) is 26.2 Å². The topological polar surface area (TPSA) is 15.3 Å². The van der Waals surface area contributed by atoms with E-state index in [1.165, 1.54) is 0 Å². The molecule has 2 rings (SSSR count). The lowest BCUT2D eigenvalue weighted by Crippen LogP contribution is -2.45. The number of benzene rings is 1. The zero-order chi connectivity index (χ0) is 13.0. The molecule has 1 atom stereocenters. The minimum Gasteiger partial charge on any atom is -0.314 e. The Morgan fingerprint density at radius 1 is 1.33 bits per heavy atom. The van der Waals surface area contributed by atoms with Gasteiger partial charge < -0.3 is 5.32 Å². The van der Waals surface area contributed by atoms with Crippen molar-refractivity contribution in [3.63, 3.8) is 0 Å². The van der Waals surface area contributed by atoms with Crippen LogP contribution < -0.4 is 5.32 Å². The molecular weight excluding hydrogens is 227 g/mol. The molecule has 1 saturated heterocycles. The first kappa shape index (κ1) is 13.5. The first-order chi connectivity index (χ1) is 8.72. The van der Waals surface area contributed by atoms with Crippen molar-refractivity contribution in [2.45, 2.75) is 32.7 Å². The maximum Gasteiger partial charge on any atom is 0.128 e. The minimum absolute atomic E-state index is 0.0578. The van der Waals surface area contributed by atoms with E-state index in [0.717, 1.165) is 50.1 Å². The van der Waals surface area contributed by atoms with Gasteiger partial charge in [0.15, 0.2) is 0 Å². The van der Waals surface area contributed by atoms with Crippen LogP contribution in [0.25, 0.3) is 0 Å². The average Bonchev–Trinajstić information content (AvgIpc) is 2.40. The van der Waals surface area contributed by atoms with Crippen LogP contribution in [0.3, 0.4) is 0 Å². The summed E-state index contributed by atoms with van der Waals surface area (Å²) >= 11 is 0. The highest BCUT2D eigenvalue weighted by Crippen LogP contribution is 2.28. The van der Waals surface area contributed by atoms with Crippen molar-refractivity contribution in [3.8, 4) is 0 Å². The van der Waals surface area contributed by atoms with Gasteiger partial charge in [0.2, 0.25) is 0 Å². The molecular formula is C15H23FN2. The van der Waals surface area contributed by atoms with E-state index in [4.69, 9.17) is 0 Å². The summed E-state index contributed by atoms with van der Waals surface area (Å²) in [6.07, 6.45) is 2.11. The van der Waals surface area contributed by atoms with Gasteiger partial charge in [-0.1, -0.05) is 31.0 Å². The van der Waals surface area contributed by atoms with Crippen molar-refractivity contribution in [2.24, 2.45) is 0 Å². The van der Waals surface area contributed by atoms with E-state index in [1.807, 2.05) is 19.1 Å². The quantitative estimate of drug-likeness (QED) is 0.884. The number of nitrogens with zero attached hydrogens (tertiary/aromatic N) is 1. The number of aryl methyl sites for hydroxylation is 1. The number of halogens is 1. The van der Waals surface area contributed by atoms with E-state index in [2.05, 4.69) is 17.1 Å². The van der Waals surface area contributed by atoms with Gasteiger partial charge in [-0.3, -0.25) is 4.90 Å². The molecule has 3 heteroatoms. The first-order valence-corrected chi connectivity index (χ1v) is 6.93. The number of hydrogen-bond donors (Lipinski definition) is 1. The van der Waals surface area contributed by atoms with Gasteiger partial charge in [-0.05, 0) is 19.4 Å². The number of piperazine rings is 1. The first-order valence-electron chi connectivity index (χ1n) is 6.93. The lowest BCUT2D eigenvalue weighted by atomic mass is 9.97. The van der Waals surface area contributed by atoms with Crippen LogP contribution in [0.4, 0.5) is 4.39 Å². The minimum atomic E-state index is -0.0578. The third-order valence-electron chi connectivity index (χ3n) is 3.66. The molecule has 1 heterocycles. The van der Waals surface area contributed by atoms with E-state index in [9.17, 15) is 4.39 Å². The van der Waals surface area contributed by atoms with Crippen LogP contribution >= 0.6 is 0 Å². The van der Waals surface area contributed by atoms with Gasteiger partial charge in [0, 0.05) is 37.8 Å². The Labute approximate surface area is 109 Å². The molecule has 1 aliphatic heterocycles. The largest absolute Gasteiger partial charge is 0.314 e. The molecule has 100 valence electrons. The van der Waals surface area contributed by atoms with Gasteiger partial charge in [-0.25, -0.2) is 4.39 Å². The maximum atomic E-state index is 14.1. The van der Waals surface area contributed by atoms with Gasteiger partial charge in [-0.15, -0.1) is 0 Å². The molecule has 1 aromatic rings. The summed E-state index contributed by atoms with van der Waals surface area (Å²) in [4.78, 5) is 2.41. The van der Waals surface area contributed by atoms with E-state index < -0.39 is 0 Å². The predicted octanol–water partition coefficient (Wildman–Crippen LogP) is 2.88. The number of nitrogens with one attached hydrogen (secondary N) is 1.